The second-order valence-electron chi connectivity index (χ2n) is 3.57. The van der Waals surface area contributed by atoms with Crippen molar-refractivity contribution in [1.82, 2.24) is 10.2 Å². The van der Waals surface area contributed by atoms with Crippen LogP contribution in [0.1, 0.15) is 5.56 Å². The van der Waals surface area contributed by atoms with Gasteiger partial charge in [-0.05, 0) is 12.1 Å². The molecule has 0 aliphatic heterocycles. The van der Waals surface area contributed by atoms with Crippen LogP contribution in [-0.2, 0) is 10.0 Å². The van der Waals surface area contributed by atoms with Crippen LogP contribution in [0.25, 0.3) is 0 Å². The van der Waals surface area contributed by atoms with E-state index in [4.69, 9.17) is 10.00 Å². The van der Waals surface area contributed by atoms with Crippen molar-refractivity contribution in [2.75, 3.05) is 11.8 Å². The number of methoxy groups -OCH3 is 1. The van der Waals surface area contributed by atoms with Crippen molar-refractivity contribution >= 4 is 15.7 Å². The van der Waals surface area contributed by atoms with Gasteiger partial charge in [-0.15, -0.1) is 0 Å². The summed E-state index contributed by atoms with van der Waals surface area (Å²) in [5.41, 5.74) is 0.630. The first-order valence-electron chi connectivity index (χ1n) is 5.16. The van der Waals surface area contributed by atoms with Gasteiger partial charge in [-0.2, -0.15) is 10.4 Å². The molecule has 8 heteroatoms. The molecule has 0 spiro atoms. The van der Waals surface area contributed by atoms with Crippen molar-refractivity contribution in [3.8, 4) is 11.8 Å². The Hall–Kier alpha value is -2.53. The largest absolute Gasteiger partial charge is 0.495 e. The fraction of sp³-hybridized carbons (Fsp3) is 0.0909. The molecular formula is C11H10N4O3S. The van der Waals surface area contributed by atoms with Crippen LogP contribution in [0.5, 0.6) is 5.75 Å². The third-order valence-corrected chi connectivity index (χ3v) is 3.69. The molecule has 0 saturated carbocycles. The van der Waals surface area contributed by atoms with Gasteiger partial charge < -0.3 is 4.74 Å². The van der Waals surface area contributed by atoms with E-state index in [0.29, 0.717) is 5.56 Å². The Kier molecular flexibility index (Phi) is 3.39. The van der Waals surface area contributed by atoms with Gasteiger partial charge in [-0.3, -0.25) is 9.82 Å². The summed E-state index contributed by atoms with van der Waals surface area (Å²) >= 11 is 0. The molecule has 0 fully saturated rings. The second-order valence-corrected chi connectivity index (χ2v) is 5.25. The first-order chi connectivity index (χ1) is 9.06. The van der Waals surface area contributed by atoms with E-state index in [9.17, 15) is 8.42 Å². The third kappa shape index (κ3) is 2.66. The summed E-state index contributed by atoms with van der Waals surface area (Å²) in [5.74, 6) is 0.270. The average molecular weight is 278 g/mol. The molecule has 2 aromatic rings. The lowest BCUT2D eigenvalue weighted by Crippen LogP contribution is -2.13. The molecule has 0 bridgehead atoms. The van der Waals surface area contributed by atoms with Crippen LogP contribution in [0.2, 0.25) is 0 Å². The number of nitrogens with zero attached hydrogens (tertiary/aromatic N) is 2. The number of benzene rings is 1. The van der Waals surface area contributed by atoms with E-state index >= 15 is 0 Å². The number of ether oxygens (including phenoxy) is 1. The van der Waals surface area contributed by atoms with E-state index in [1.54, 1.807) is 0 Å². The van der Waals surface area contributed by atoms with E-state index in [0.717, 1.165) is 0 Å². The summed E-state index contributed by atoms with van der Waals surface area (Å²) in [7, 11) is -2.33. The average Bonchev–Trinajstić information content (AvgIpc) is 2.93. The number of aromatic nitrogens is 2. The van der Waals surface area contributed by atoms with Crippen molar-refractivity contribution in [2.45, 2.75) is 4.90 Å². The molecule has 0 aliphatic carbocycles. The van der Waals surface area contributed by atoms with Gasteiger partial charge in [-0.1, -0.05) is 0 Å². The van der Waals surface area contributed by atoms with Crippen LogP contribution in [0.15, 0.2) is 35.5 Å². The Balaban J connectivity index is 2.37. The number of sulfonamides is 1. The Morgan fingerprint density at radius 3 is 2.84 bits per heavy atom. The predicted molar refractivity (Wildman–Crippen MR) is 67.1 cm³/mol. The van der Waals surface area contributed by atoms with Crippen LogP contribution in [-0.4, -0.2) is 25.7 Å². The van der Waals surface area contributed by atoms with Crippen LogP contribution in [0.4, 0.5) is 5.69 Å². The van der Waals surface area contributed by atoms with Crippen LogP contribution in [0, 0.1) is 11.3 Å². The highest BCUT2D eigenvalue weighted by atomic mass is 32.2. The highest BCUT2D eigenvalue weighted by Crippen LogP contribution is 2.27. The molecule has 2 rings (SSSR count). The molecule has 19 heavy (non-hydrogen) atoms. The fourth-order valence-corrected chi connectivity index (χ4v) is 2.41. The maximum Gasteiger partial charge on any atom is 0.265 e. The third-order valence-electron chi connectivity index (χ3n) is 2.36. The van der Waals surface area contributed by atoms with Gasteiger partial charge in [0.1, 0.15) is 10.6 Å². The SMILES string of the molecule is COc1cc(C#N)ccc1NS(=O)(=O)c1cn[nH]c1. The van der Waals surface area contributed by atoms with Crippen molar-refractivity contribution in [1.29, 1.82) is 5.26 Å². The summed E-state index contributed by atoms with van der Waals surface area (Å²) in [4.78, 5) is 0.0129. The van der Waals surface area contributed by atoms with E-state index in [1.165, 1.54) is 37.7 Å². The Bertz CT molecular complexity index is 717. The molecule has 0 saturated heterocycles. The van der Waals surface area contributed by atoms with Gasteiger partial charge in [0.2, 0.25) is 0 Å². The second kappa shape index (κ2) is 4.99. The number of aromatic amines is 1. The number of anilines is 1. The minimum atomic E-state index is -3.73. The monoisotopic (exact) mass is 278 g/mol. The molecule has 0 aliphatic rings. The summed E-state index contributed by atoms with van der Waals surface area (Å²) in [6, 6.07) is 6.36. The number of nitrogens with one attached hydrogen (secondary N) is 2. The fourth-order valence-electron chi connectivity index (χ4n) is 1.43. The normalized spacial score (nSPS) is 10.7. The summed E-state index contributed by atoms with van der Waals surface area (Å²) in [5, 5.41) is 14.8. The van der Waals surface area contributed by atoms with Gasteiger partial charge in [-0.25, -0.2) is 8.42 Å². The van der Waals surface area contributed by atoms with Gasteiger partial charge in [0.15, 0.2) is 0 Å². The van der Waals surface area contributed by atoms with Crippen molar-refractivity contribution < 1.29 is 13.2 Å². The van der Waals surface area contributed by atoms with E-state index < -0.39 is 10.0 Å². The number of nitriles is 1. The zero-order valence-electron chi connectivity index (χ0n) is 9.91. The first kappa shape index (κ1) is 12.9. The minimum Gasteiger partial charge on any atom is -0.495 e. The van der Waals surface area contributed by atoms with Crippen molar-refractivity contribution in [2.24, 2.45) is 0 Å². The topological polar surface area (TPSA) is 108 Å². The van der Waals surface area contributed by atoms with E-state index in [1.807, 2.05) is 6.07 Å². The van der Waals surface area contributed by atoms with Crippen LogP contribution >= 0.6 is 0 Å². The van der Waals surface area contributed by atoms with Gasteiger partial charge in [0.05, 0.1) is 30.6 Å². The molecule has 7 nitrogen and oxygen atoms in total. The highest BCUT2D eigenvalue weighted by molar-refractivity contribution is 7.92. The van der Waals surface area contributed by atoms with Gasteiger partial charge >= 0.3 is 0 Å². The van der Waals surface area contributed by atoms with Crippen LogP contribution < -0.4 is 9.46 Å². The van der Waals surface area contributed by atoms with E-state index in [-0.39, 0.29) is 16.3 Å². The van der Waals surface area contributed by atoms with Gasteiger partial charge in [0, 0.05) is 12.3 Å². The van der Waals surface area contributed by atoms with Crippen LogP contribution in [0.3, 0.4) is 0 Å². The molecule has 1 aromatic carbocycles. The first-order valence-corrected chi connectivity index (χ1v) is 6.65. The Morgan fingerprint density at radius 1 is 1.47 bits per heavy atom. The maximum atomic E-state index is 12.0. The molecule has 1 aromatic heterocycles. The Labute approximate surface area is 109 Å². The minimum absolute atomic E-state index is 0.0129. The zero-order valence-corrected chi connectivity index (χ0v) is 10.7. The highest BCUT2D eigenvalue weighted by Gasteiger charge is 2.17. The number of hydrogen-bond donors (Lipinski definition) is 2. The molecule has 1 heterocycles. The smallest absolute Gasteiger partial charge is 0.265 e. The van der Waals surface area contributed by atoms with E-state index in [2.05, 4.69) is 14.9 Å². The lowest BCUT2D eigenvalue weighted by atomic mass is 10.2. The number of hydrogen-bond acceptors (Lipinski definition) is 5. The molecular weight excluding hydrogens is 268 g/mol. The summed E-state index contributed by atoms with van der Waals surface area (Å²) in [6.07, 6.45) is 2.46. The standard InChI is InChI=1S/C11H10N4O3S/c1-18-11-4-8(5-12)2-3-10(11)15-19(16,17)9-6-13-14-7-9/h2-4,6-7,15H,1H3,(H,13,14). The molecule has 0 radical (unpaired) electrons. The maximum absolute atomic E-state index is 12.0. The van der Waals surface area contributed by atoms with Gasteiger partial charge in [0.25, 0.3) is 10.0 Å². The summed E-state index contributed by atoms with van der Waals surface area (Å²) < 4.78 is 31.4. The molecule has 98 valence electrons. The quantitative estimate of drug-likeness (QED) is 0.870. The molecule has 0 amide bonds. The number of rotatable bonds is 4. The molecule has 0 atom stereocenters. The number of H-pyrrole nitrogens is 1. The predicted octanol–water partition coefficient (Wildman–Crippen LogP) is 1.09. The van der Waals surface area contributed by atoms with Crippen molar-refractivity contribution in [3.05, 3.63) is 36.2 Å². The molecule has 2 N–H and O–H groups in total. The van der Waals surface area contributed by atoms with Crippen molar-refractivity contribution in [3.63, 3.8) is 0 Å². The summed E-state index contributed by atoms with van der Waals surface area (Å²) in [6.45, 7) is 0. The zero-order chi connectivity index (χ0) is 13.9. The lowest BCUT2D eigenvalue weighted by Gasteiger charge is -2.10. The Morgan fingerprint density at radius 2 is 2.26 bits per heavy atom. The molecule has 0 unspecified atom stereocenters. The lowest BCUT2D eigenvalue weighted by molar-refractivity contribution is 0.416.